The van der Waals surface area contributed by atoms with E-state index >= 15 is 0 Å². The number of likely N-dealkylation sites (tertiary alicyclic amines) is 1. The SMILES string of the molecule is CC1CN(Cc2cc(F)ccc2Br)CC1N. The molecular weight excluding hydrogens is 271 g/mol. The summed E-state index contributed by atoms with van der Waals surface area (Å²) in [7, 11) is 0. The molecule has 1 aliphatic heterocycles. The Morgan fingerprint density at radius 1 is 1.50 bits per heavy atom. The summed E-state index contributed by atoms with van der Waals surface area (Å²) in [6, 6.07) is 5.04. The molecule has 0 bridgehead atoms. The first-order chi connectivity index (χ1) is 7.56. The monoisotopic (exact) mass is 286 g/mol. The maximum absolute atomic E-state index is 13.1. The molecule has 1 fully saturated rings. The second kappa shape index (κ2) is 4.82. The van der Waals surface area contributed by atoms with Gasteiger partial charge >= 0.3 is 0 Å². The Morgan fingerprint density at radius 3 is 2.88 bits per heavy atom. The van der Waals surface area contributed by atoms with E-state index in [9.17, 15) is 4.39 Å². The van der Waals surface area contributed by atoms with Crippen LogP contribution < -0.4 is 5.73 Å². The summed E-state index contributed by atoms with van der Waals surface area (Å²) < 4.78 is 14.1. The van der Waals surface area contributed by atoms with Gasteiger partial charge in [0.2, 0.25) is 0 Å². The van der Waals surface area contributed by atoms with Crippen LogP contribution in [-0.2, 0) is 6.54 Å². The van der Waals surface area contributed by atoms with Crippen molar-refractivity contribution >= 4 is 15.9 Å². The number of halogens is 2. The van der Waals surface area contributed by atoms with E-state index in [1.807, 2.05) is 0 Å². The average molecular weight is 287 g/mol. The topological polar surface area (TPSA) is 29.3 Å². The van der Waals surface area contributed by atoms with Crippen LogP contribution in [0.1, 0.15) is 12.5 Å². The molecule has 2 N–H and O–H groups in total. The smallest absolute Gasteiger partial charge is 0.123 e. The van der Waals surface area contributed by atoms with E-state index in [1.165, 1.54) is 6.07 Å². The lowest BCUT2D eigenvalue weighted by molar-refractivity contribution is 0.318. The molecule has 0 spiro atoms. The van der Waals surface area contributed by atoms with E-state index in [0.717, 1.165) is 29.7 Å². The van der Waals surface area contributed by atoms with Gasteiger partial charge < -0.3 is 5.73 Å². The molecule has 0 saturated carbocycles. The number of rotatable bonds is 2. The van der Waals surface area contributed by atoms with Crippen molar-refractivity contribution in [2.45, 2.75) is 19.5 Å². The molecule has 2 rings (SSSR count). The zero-order valence-corrected chi connectivity index (χ0v) is 10.9. The molecule has 2 atom stereocenters. The van der Waals surface area contributed by atoms with Gasteiger partial charge in [-0.15, -0.1) is 0 Å². The summed E-state index contributed by atoms with van der Waals surface area (Å²) in [5.41, 5.74) is 6.95. The first-order valence-corrected chi connectivity index (χ1v) is 6.27. The number of hydrogen-bond donors (Lipinski definition) is 1. The Kier molecular flexibility index (Phi) is 3.62. The molecule has 0 radical (unpaired) electrons. The summed E-state index contributed by atoms with van der Waals surface area (Å²) in [5.74, 6) is 0.335. The third-order valence-corrected chi connectivity index (χ3v) is 3.92. The largest absolute Gasteiger partial charge is 0.326 e. The third-order valence-electron chi connectivity index (χ3n) is 3.15. The maximum Gasteiger partial charge on any atom is 0.123 e. The van der Waals surface area contributed by atoms with E-state index in [4.69, 9.17) is 5.73 Å². The van der Waals surface area contributed by atoms with Crippen LogP contribution in [0.2, 0.25) is 0 Å². The fourth-order valence-electron chi connectivity index (χ4n) is 2.13. The van der Waals surface area contributed by atoms with Gasteiger partial charge in [0.15, 0.2) is 0 Å². The minimum atomic E-state index is -0.185. The number of hydrogen-bond acceptors (Lipinski definition) is 2. The Balaban J connectivity index is 2.07. The third kappa shape index (κ3) is 2.62. The quantitative estimate of drug-likeness (QED) is 0.905. The molecule has 1 aromatic rings. The highest BCUT2D eigenvalue weighted by molar-refractivity contribution is 9.10. The first kappa shape index (κ1) is 12.0. The van der Waals surface area contributed by atoms with Gasteiger partial charge in [-0.25, -0.2) is 4.39 Å². The van der Waals surface area contributed by atoms with Crippen LogP contribution in [0.5, 0.6) is 0 Å². The number of nitrogens with two attached hydrogens (primary N) is 1. The van der Waals surface area contributed by atoms with Gasteiger partial charge in [-0.1, -0.05) is 22.9 Å². The Morgan fingerprint density at radius 2 is 2.25 bits per heavy atom. The summed E-state index contributed by atoms with van der Waals surface area (Å²) in [6.07, 6.45) is 0. The summed E-state index contributed by atoms with van der Waals surface area (Å²) >= 11 is 3.44. The van der Waals surface area contributed by atoms with E-state index in [-0.39, 0.29) is 11.9 Å². The number of benzene rings is 1. The van der Waals surface area contributed by atoms with Gasteiger partial charge in [0.25, 0.3) is 0 Å². The molecule has 88 valence electrons. The van der Waals surface area contributed by atoms with Crippen LogP contribution >= 0.6 is 15.9 Å². The minimum Gasteiger partial charge on any atom is -0.326 e. The normalized spacial score (nSPS) is 26.2. The van der Waals surface area contributed by atoms with Gasteiger partial charge in [-0.05, 0) is 29.7 Å². The molecule has 1 saturated heterocycles. The molecule has 1 aliphatic rings. The zero-order valence-electron chi connectivity index (χ0n) is 9.29. The second-order valence-corrected chi connectivity index (χ2v) is 5.43. The molecule has 1 heterocycles. The molecule has 0 amide bonds. The van der Waals surface area contributed by atoms with Crippen molar-refractivity contribution in [3.05, 3.63) is 34.1 Å². The maximum atomic E-state index is 13.1. The fourth-order valence-corrected chi connectivity index (χ4v) is 2.50. The molecule has 16 heavy (non-hydrogen) atoms. The van der Waals surface area contributed by atoms with E-state index in [2.05, 4.69) is 27.8 Å². The Labute approximate surface area is 104 Å². The molecule has 2 unspecified atom stereocenters. The molecular formula is C12H16BrFN2. The minimum absolute atomic E-state index is 0.185. The van der Waals surface area contributed by atoms with E-state index in [1.54, 1.807) is 12.1 Å². The molecule has 0 aromatic heterocycles. The summed E-state index contributed by atoms with van der Waals surface area (Å²) in [6.45, 7) is 4.80. The van der Waals surface area contributed by atoms with Gasteiger partial charge in [0.1, 0.15) is 5.82 Å². The molecule has 1 aromatic carbocycles. The molecule has 4 heteroatoms. The van der Waals surface area contributed by atoms with E-state index in [0.29, 0.717) is 5.92 Å². The highest BCUT2D eigenvalue weighted by Crippen LogP contribution is 2.23. The first-order valence-electron chi connectivity index (χ1n) is 5.48. The van der Waals surface area contributed by atoms with Crippen molar-refractivity contribution in [1.29, 1.82) is 0 Å². The lowest BCUT2D eigenvalue weighted by Gasteiger charge is -2.16. The van der Waals surface area contributed by atoms with Crippen LogP contribution in [0.4, 0.5) is 4.39 Å². The number of nitrogens with zero attached hydrogens (tertiary/aromatic N) is 1. The fraction of sp³-hybridized carbons (Fsp3) is 0.500. The molecule has 0 aliphatic carbocycles. The summed E-state index contributed by atoms with van der Waals surface area (Å²) in [4.78, 5) is 2.27. The predicted molar refractivity (Wildman–Crippen MR) is 66.5 cm³/mol. The van der Waals surface area contributed by atoms with Crippen molar-refractivity contribution < 1.29 is 4.39 Å². The summed E-state index contributed by atoms with van der Waals surface area (Å²) in [5, 5.41) is 0. The van der Waals surface area contributed by atoms with Crippen molar-refractivity contribution in [1.82, 2.24) is 4.90 Å². The van der Waals surface area contributed by atoms with E-state index < -0.39 is 0 Å². The van der Waals surface area contributed by atoms with Gasteiger partial charge in [0.05, 0.1) is 0 Å². The van der Waals surface area contributed by atoms with Gasteiger partial charge in [-0.2, -0.15) is 0 Å². The predicted octanol–water partition coefficient (Wildman–Crippen LogP) is 2.37. The van der Waals surface area contributed by atoms with Crippen LogP contribution in [0, 0.1) is 11.7 Å². The Bertz CT molecular complexity index is 373. The van der Waals surface area contributed by atoms with Crippen molar-refractivity contribution in [3.8, 4) is 0 Å². The van der Waals surface area contributed by atoms with Crippen LogP contribution in [0.25, 0.3) is 0 Å². The van der Waals surface area contributed by atoms with Crippen molar-refractivity contribution in [3.63, 3.8) is 0 Å². The highest BCUT2D eigenvalue weighted by atomic mass is 79.9. The molecule has 2 nitrogen and oxygen atoms in total. The van der Waals surface area contributed by atoms with Gasteiger partial charge in [-0.3, -0.25) is 4.90 Å². The highest BCUT2D eigenvalue weighted by Gasteiger charge is 2.26. The van der Waals surface area contributed by atoms with Crippen LogP contribution in [0.3, 0.4) is 0 Å². The second-order valence-electron chi connectivity index (χ2n) is 4.57. The standard InChI is InChI=1S/C12H16BrFN2/c1-8-5-16(7-12(8)15)6-9-4-10(14)2-3-11(9)13/h2-4,8,12H,5-7,15H2,1H3. The lowest BCUT2D eigenvalue weighted by atomic mass is 10.1. The van der Waals surface area contributed by atoms with Gasteiger partial charge in [0, 0.05) is 30.1 Å². The average Bonchev–Trinajstić information content (AvgIpc) is 2.52. The lowest BCUT2D eigenvalue weighted by Crippen LogP contribution is -2.28. The van der Waals surface area contributed by atoms with Crippen molar-refractivity contribution in [2.75, 3.05) is 13.1 Å². The zero-order chi connectivity index (χ0) is 11.7. The van der Waals surface area contributed by atoms with Crippen LogP contribution in [0.15, 0.2) is 22.7 Å². The van der Waals surface area contributed by atoms with Crippen LogP contribution in [-0.4, -0.2) is 24.0 Å². The Hall–Kier alpha value is -0.450. The van der Waals surface area contributed by atoms with Crippen molar-refractivity contribution in [2.24, 2.45) is 11.7 Å².